The van der Waals surface area contributed by atoms with Crippen LogP contribution in [0, 0.1) is 5.82 Å². The Bertz CT molecular complexity index is 555. The summed E-state index contributed by atoms with van der Waals surface area (Å²) in [5, 5.41) is 0. The molecule has 0 N–H and O–H groups in total. The average Bonchev–Trinajstić information content (AvgIpc) is 2.28. The molecule has 2 aromatic rings. The molecule has 0 fully saturated rings. The lowest BCUT2D eigenvalue weighted by molar-refractivity contribution is 0.112. The maximum Gasteiger partial charge on any atom is 0.150 e. The molecule has 17 heavy (non-hydrogen) atoms. The fourth-order valence-electron chi connectivity index (χ4n) is 1.38. The predicted octanol–water partition coefficient (Wildman–Crippen LogP) is 4.19. The lowest BCUT2D eigenvalue weighted by Gasteiger charge is -2.06. The van der Waals surface area contributed by atoms with E-state index in [-0.39, 0.29) is 5.56 Å². The number of benzene rings is 2. The molecule has 0 saturated heterocycles. The topological polar surface area (TPSA) is 26.3 Å². The third kappa shape index (κ3) is 3.14. The van der Waals surface area contributed by atoms with Gasteiger partial charge in [-0.3, -0.25) is 4.79 Å². The van der Waals surface area contributed by atoms with E-state index in [2.05, 4.69) is 15.9 Å². The van der Waals surface area contributed by atoms with E-state index in [1.165, 1.54) is 12.1 Å². The minimum absolute atomic E-state index is 0.245. The minimum atomic E-state index is -0.500. The van der Waals surface area contributed by atoms with Crippen molar-refractivity contribution in [2.75, 3.05) is 0 Å². The largest absolute Gasteiger partial charge is 0.457 e. The smallest absolute Gasteiger partial charge is 0.150 e. The van der Waals surface area contributed by atoms with Crippen LogP contribution >= 0.6 is 15.9 Å². The van der Waals surface area contributed by atoms with Gasteiger partial charge in [0.1, 0.15) is 23.6 Å². The van der Waals surface area contributed by atoms with Gasteiger partial charge in [-0.25, -0.2) is 4.39 Å². The summed E-state index contributed by atoms with van der Waals surface area (Å²) in [5.41, 5.74) is 0.245. The van der Waals surface area contributed by atoms with Crippen molar-refractivity contribution in [1.29, 1.82) is 0 Å². The normalized spacial score (nSPS) is 10.0. The summed E-state index contributed by atoms with van der Waals surface area (Å²) >= 11 is 3.31. The molecule has 0 radical (unpaired) electrons. The van der Waals surface area contributed by atoms with Gasteiger partial charge in [-0.2, -0.15) is 0 Å². The van der Waals surface area contributed by atoms with Crippen LogP contribution in [0.2, 0.25) is 0 Å². The summed E-state index contributed by atoms with van der Waals surface area (Å²) in [6, 6.07) is 11.0. The second kappa shape index (κ2) is 5.10. The van der Waals surface area contributed by atoms with Crippen molar-refractivity contribution < 1.29 is 13.9 Å². The van der Waals surface area contributed by atoms with Gasteiger partial charge in [0.15, 0.2) is 0 Å². The first-order valence-corrected chi connectivity index (χ1v) is 5.66. The zero-order chi connectivity index (χ0) is 12.3. The lowest BCUT2D eigenvalue weighted by Crippen LogP contribution is -1.88. The molecular formula is C13H8BrFO2. The Morgan fingerprint density at radius 1 is 1.12 bits per heavy atom. The van der Waals surface area contributed by atoms with Crippen molar-refractivity contribution in [3.8, 4) is 11.5 Å². The second-order valence-corrected chi connectivity index (χ2v) is 4.31. The number of hydrogen-bond acceptors (Lipinski definition) is 2. The molecule has 0 aliphatic rings. The molecule has 0 bridgehead atoms. The molecular weight excluding hydrogens is 287 g/mol. The van der Waals surface area contributed by atoms with E-state index >= 15 is 0 Å². The van der Waals surface area contributed by atoms with Gasteiger partial charge in [0, 0.05) is 16.1 Å². The number of halogens is 2. The first-order chi connectivity index (χ1) is 8.17. The summed E-state index contributed by atoms with van der Waals surface area (Å²) < 4.78 is 19.5. The molecule has 0 aliphatic carbocycles. The van der Waals surface area contributed by atoms with E-state index in [4.69, 9.17) is 4.74 Å². The Kier molecular flexibility index (Phi) is 3.54. The number of ether oxygens (including phenoxy) is 1. The Morgan fingerprint density at radius 2 is 1.94 bits per heavy atom. The van der Waals surface area contributed by atoms with Gasteiger partial charge in [-0.1, -0.05) is 22.0 Å². The second-order valence-electron chi connectivity index (χ2n) is 3.40. The number of carbonyl (C=O) groups excluding carboxylic acids is 1. The summed E-state index contributed by atoms with van der Waals surface area (Å²) in [4.78, 5) is 10.6. The Hall–Kier alpha value is -1.68. The number of aldehydes is 1. The van der Waals surface area contributed by atoms with Crippen molar-refractivity contribution in [3.05, 3.63) is 58.3 Å². The van der Waals surface area contributed by atoms with Crippen molar-refractivity contribution >= 4 is 22.2 Å². The third-order valence-electron chi connectivity index (χ3n) is 2.06. The SMILES string of the molecule is O=Cc1cc(F)cc(Oc2cccc(Br)c2)c1. The fourth-order valence-corrected chi connectivity index (χ4v) is 1.76. The van der Waals surface area contributed by atoms with Gasteiger partial charge in [0.2, 0.25) is 0 Å². The van der Waals surface area contributed by atoms with Crippen LogP contribution in [0.4, 0.5) is 4.39 Å². The molecule has 0 unspecified atom stereocenters. The number of hydrogen-bond donors (Lipinski definition) is 0. The molecule has 0 heterocycles. The van der Waals surface area contributed by atoms with E-state index < -0.39 is 5.82 Å². The molecule has 0 aromatic heterocycles. The van der Waals surface area contributed by atoms with Crippen LogP contribution in [0.1, 0.15) is 10.4 Å². The van der Waals surface area contributed by atoms with Crippen LogP contribution in [0.3, 0.4) is 0 Å². The van der Waals surface area contributed by atoms with Crippen LogP contribution in [-0.2, 0) is 0 Å². The highest BCUT2D eigenvalue weighted by Crippen LogP contribution is 2.25. The Morgan fingerprint density at radius 3 is 2.65 bits per heavy atom. The average molecular weight is 295 g/mol. The molecule has 0 amide bonds. The van der Waals surface area contributed by atoms with Crippen LogP contribution in [-0.4, -0.2) is 6.29 Å². The molecule has 0 saturated carbocycles. The molecule has 0 spiro atoms. The van der Waals surface area contributed by atoms with Crippen molar-refractivity contribution in [3.63, 3.8) is 0 Å². The molecule has 0 aliphatic heterocycles. The highest BCUT2D eigenvalue weighted by molar-refractivity contribution is 9.10. The quantitative estimate of drug-likeness (QED) is 0.793. The molecule has 0 atom stereocenters. The fraction of sp³-hybridized carbons (Fsp3) is 0. The molecule has 4 heteroatoms. The van der Waals surface area contributed by atoms with Gasteiger partial charge < -0.3 is 4.74 Å². The maximum atomic E-state index is 13.1. The van der Waals surface area contributed by atoms with E-state index in [0.29, 0.717) is 17.8 Å². The Balaban J connectivity index is 2.29. The van der Waals surface area contributed by atoms with Crippen molar-refractivity contribution in [2.24, 2.45) is 0 Å². The molecule has 86 valence electrons. The van der Waals surface area contributed by atoms with Gasteiger partial charge in [-0.05, 0) is 30.3 Å². The summed E-state index contributed by atoms with van der Waals surface area (Å²) in [5.74, 6) is 0.367. The first kappa shape index (κ1) is 11.8. The van der Waals surface area contributed by atoms with Crippen molar-refractivity contribution in [2.45, 2.75) is 0 Å². The predicted molar refractivity (Wildman–Crippen MR) is 66.0 cm³/mol. The Labute approximate surface area is 106 Å². The van der Waals surface area contributed by atoms with Gasteiger partial charge in [0.05, 0.1) is 0 Å². The monoisotopic (exact) mass is 294 g/mol. The van der Waals surface area contributed by atoms with E-state index in [1.54, 1.807) is 18.2 Å². The molecule has 2 rings (SSSR count). The van der Waals surface area contributed by atoms with Crippen LogP contribution in [0.5, 0.6) is 11.5 Å². The highest BCUT2D eigenvalue weighted by Gasteiger charge is 2.03. The first-order valence-electron chi connectivity index (χ1n) is 4.86. The van der Waals surface area contributed by atoms with Crippen LogP contribution in [0.25, 0.3) is 0 Å². The number of rotatable bonds is 3. The van der Waals surface area contributed by atoms with Crippen LogP contribution < -0.4 is 4.74 Å². The van der Waals surface area contributed by atoms with Crippen molar-refractivity contribution in [1.82, 2.24) is 0 Å². The minimum Gasteiger partial charge on any atom is -0.457 e. The molecule has 2 aromatic carbocycles. The van der Waals surface area contributed by atoms with E-state index in [9.17, 15) is 9.18 Å². The summed E-state index contributed by atoms with van der Waals surface area (Å²) in [6.07, 6.45) is 0.580. The lowest BCUT2D eigenvalue weighted by atomic mass is 10.2. The third-order valence-corrected chi connectivity index (χ3v) is 2.55. The van der Waals surface area contributed by atoms with Gasteiger partial charge in [0.25, 0.3) is 0 Å². The highest BCUT2D eigenvalue weighted by atomic mass is 79.9. The van der Waals surface area contributed by atoms with Gasteiger partial charge in [-0.15, -0.1) is 0 Å². The maximum absolute atomic E-state index is 13.1. The van der Waals surface area contributed by atoms with E-state index in [0.717, 1.165) is 10.5 Å². The zero-order valence-corrected chi connectivity index (χ0v) is 10.3. The van der Waals surface area contributed by atoms with Crippen LogP contribution in [0.15, 0.2) is 46.9 Å². The standard InChI is InChI=1S/C13H8BrFO2/c14-10-2-1-3-12(6-10)17-13-5-9(8-16)4-11(15)7-13/h1-8H. The zero-order valence-electron chi connectivity index (χ0n) is 8.69. The summed E-state index contributed by atoms with van der Waals surface area (Å²) in [6.45, 7) is 0. The summed E-state index contributed by atoms with van der Waals surface area (Å²) in [7, 11) is 0. The number of carbonyl (C=O) groups is 1. The van der Waals surface area contributed by atoms with E-state index in [1.807, 2.05) is 6.07 Å². The molecule has 2 nitrogen and oxygen atoms in total. The van der Waals surface area contributed by atoms with Gasteiger partial charge >= 0.3 is 0 Å².